The first kappa shape index (κ1) is 11.3. The zero-order valence-electron chi connectivity index (χ0n) is 10.4. The van der Waals surface area contributed by atoms with E-state index in [-0.39, 0.29) is 5.92 Å². The number of hydrogen-bond donors (Lipinski definition) is 2. The van der Waals surface area contributed by atoms with Gasteiger partial charge in [0.05, 0.1) is 18.5 Å². The number of H-pyrrole nitrogens is 1. The summed E-state index contributed by atoms with van der Waals surface area (Å²) < 4.78 is 5.51. The van der Waals surface area contributed by atoms with Gasteiger partial charge in [-0.1, -0.05) is 6.92 Å². The second-order valence-electron chi connectivity index (χ2n) is 4.74. The maximum atomic E-state index is 5.65. The quantitative estimate of drug-likeness (QED) is 0.867. The molecule has 1 aromatic carbocycles. The zero-order chi connectivity index (χ0) is 12.5. The normalized spacial score (nSPS) is 15.2. The molecule has 1 aliphatic heterocycles. The van der Waals surface area contributed by atoms with Gasteiger partial charge in [0.1, 0.15) is 11.6 Å². The Balaban J connectivity index is 1.92. The number of nitrogens with zero attached hydrogens (tertiary/aromatic N) is 1. The van der Waals surface area contributed by atoms with Gasteiger partial charge in [-0.05, 0) is 23.8 Å². The van der Waals surface area contributed by atoms with Gasteiger partial charge in [-0.15, -0.1) is 0 Å². The van der Waals surface area contributed by atoms with Crippen LogP contribution in [0.4, 0.5) is 0 Å². The molecule has 0 spiro atoms. The van der Waals surface area contributed by atoms with Crippen molar-refractivity contribution in [2.75, 3.05) is 13.2 Å². The summed E-state index contributed by atoms with van der Waals surface area (Å²) in [6, 6.07) is 6.27. The van der Waals surface area contributed by atoms with Crippen molar-refractivity contribution in [3.63, 3.8) is 0 Å². The maximum Gasteiger partial charge on any atom is 0.122 e. The monoisotopic (exact) mass is 243 g/mol. The van der Waals surface area contributed by atoms with Gasteiger partial charge in [-0.25, -0.2) is 4.98 Å². The molecule has 1 aromatic heterocycles. The smallest absolute Gasteiger partial charge is 0.122 e. The van der Waals surface area contributed by atoms with E-state index >= 15 is 0 Å². The molecule has 0 aliphatic carbocycles. The molecule has 1 unspecified atom stereocenters. The van der Waals surface area contributed by atoms with Crippen LogP contribution in [0.3, 0.4) is 0 Å². The second kappa shape index (κ2) is 4.46. The number of benzene rings is 1. The number of rotatable bonds is 3. The van der Waals surface area contributed by atoms with Crippen molar-refractivity contribution in [3.8, 4) is 17.0 Å². The summed E-state index contributed by atoms with van der Waals surface area (Å²) >= 11 is 0. The Morgan fingerprint density at radius 3 is 3.22 bits per heavy atom. The predicted molar refractivity (Wildman–Crippen MR) is 70.7 cm³/mol. The van der Waals surface area contributed by atoms with E-state index in [2.05, 4.69) is 29.0 Å². The predicted octanol–water partition coefficient (Wildman–Crippen LogP) is 2.07. The van der Waals surface area contributed by atoms with Crippen LogP contribution in [0.15, 0.2) is 24.4 Å². The molecular weight excluding hydrogens is 226 g/mol. The van der Waals surface area contributed by atoms with Crippen molar-refractivity contribution in [2.24, 2.45) is 5.73 Å². The first-order chi connectivity index (χ1) is 8.78. The van der Waals surface area contributed by atoms with Crippen LogP contribution in [0.1, 0.15) is 24.2 Å². The summed E-state index contributed by atoms with van der Waals surface area (Å²) in [7, 11) is 0. The van der Waals surface area contributed by atoms with E-state index in [1.165, 1.54) is 5.56 Å². The molecule has 4 heteroatoms. The fraction of sp³-hybridized carbons (Fsp3) is 0.357. The molecule has 0 fully saturated rings. The third-order valence-corrected chi connectivity index (χ3v) is 3.42. The Hall–Kier alpha value is -1.81. The Morgan fingerprint density at radius 1 is 1.50 bits per heavy atom. The van der Waals surface area contributed by atoms with E-state index in [0.717, 1.165) is 35.9 Å². The first-order valence-electron chi connectivity index (χ1n) is 6.29. The van der Waals surface area contributed by atoms with E-state index in [1.807, 2.05) is 12.3 Å². The van der Waals surface area contributed by atoms with E-state index in [9.17, 15) is 0 Å². The highest BCUT2D eigenvalue weighted by Crippen LogP contribution is 2.30. The minimum absolute atomic E-state index is 0.261. The summed E-state index contributed by atoms with van der Waals surface area (Å²) in [5.41, 5.74) is 9.12. The SMILES string of the molecule is CC(CN)c1ncc(-c2ccc3c(c2)CCO3)[nH]1. The van der Waals surface area contributed by atoms with E-state index in [0.29, 0.717) is 6.54 Å². The van der Waals surface area contributed by atoms with Gasteiger partial charge >= 0.3 is 0 Å². The summed E-state index contributed by atoms with van der Waals surface area (Å²) in [6.07, 6.45) is 2.86. The van der Waals surface area contributed by atoms with E-state index in [1.54, 1.807) is 0 Å². The third-order valence-electron chi connectivity index (χ3n) is 3.42. The molecule has 0 saturated carbocycles. The van der Waals surface area contributed by atoms with Gasteiger partial charge in [0.25, 0.3) is 0 Å². The van der Waals surface area contributed by atoms with E-state index < -0.39 is 0 Å². The number of hydrogen-bond acceptors (Lipinski definition) is 3. The Bertz CT molecular complexity index is 562. The van der Waals surface area contributed by atoms with Crippen molar-refractivity contribution < 1.29 is 4.74 Å². The zero-order valence-corrected chi connectivity index (χ0v) is 10.4. The summed E-state index contributed by atoms with van der Waals surface area (Å²) in [6.45, 7) is 3.46. The number of fused-ring (bicyclic) bond motifs is 1. The van der Waals surface area contributed by atoms with Gasteiger partial charge in [-0.3, -0.25) is 0 Å². The Morgan fingerprint density at radius 2 is 2.39 bits per heavy atom. The molecule has 94 valence electrons. The van der Waals surface area contributed by atoms with Gasteiger partial charge in [0, 0.05) is 24.4 Å². The van der Waals surface area contributed by atoms with Crippen LogP contribution in [0.5, 0.6) is 5.75 Å². The number of ether oxygens (including phenoxy) is 1. The largest absolute Gasteiger partial charge is 0.493 e. The number of nitrogens with one attached hydrogen (secondary N) is 1. The Labute approximate surface area is 106 Å². The molecular formula is C14H17N3O. The molecule has 0 bridgehead atoms. The molecule has 1 aliphatic rings. The fourth-order valence-corrected chi connectivity index (χ4v) is 2.20. The first-order valence-corrected chi connectivity index (χ1v) is 6.29. The minimum atomic E-state index is 0.261. The lowest BCUT2D eigenvalue weighted by Gasteiger charge is -2.04. The lowest BCUT2D eigenvalue weighted by Crippen LogP contribution is -2.10. The molecule has 4 nitrogen and oxygen atoms in total. The highest BCUT2D eigenvalue weighted by molar-refractivity contribution is 5.62. The van der Waals surface area contributed by atoms with Crippen LogP contribution in [0.2, 0.25) is 0 Å². The van der Waals surface area contributed by atoms with Gasteiger partial charge in [-0.2, -0.15) is 0 Å². The maximum absolute atomic E-state index is 5.65. The van der Waals surface area contributed by atoms with Gasteiger partial charge in [0.15, 0.2) is 0 Å². The fourth-order valence-electron chi connectivity index (χ4n) is 2.20. The molecule has 0 radical (unpaired) electrons. The minimum Gasteiger partial charge on any atom is -0.493 e. The molecule has 3 rings (SSSR count). The molecule has 0 saturated heterocycles. The van der Waals surface area contributed by atoms with Gasteiger partial charge < -0.3 is 15.5 Å². The average molecular weight is 243 g/mol. The summed E-state index contributed by atoms with van der Waals surface area (Å²) in [4.78, 5) is 7.73. The van der Waals surface area contributed by atoms with Crippen molar-refractivity contribution in [1.29, 1.82) is 0 Å². The van der Waals surface area contributed by atoms with Crippen LogP contribution in [0, 0.1) is 0 Å². The van der Waals surface area contributed by atoms with E-state index in [4.69, 9.17) is 10.5 Å². The van der Waals surface area contributed by atoms with Crippen LogP contribution < -0.4 is 10.5 Å². The van der Waals surface area contributed by atoms with Gasteiger partial charge in [0.2, 0.25) is 0 Å². The van der Waals surface area contributed by atoms with Crippen LogP contribution >= 0.6 is 0 Å². The Kier molecular flexibility index (Phi) is 2.80. The number of imidazole rings is 1. The average Bonchev–Trinajstić information content (AvgIpc) is 3.05. The highest BCUT2D eigenvalue weighted by Gasteiger charge is 2.14. The topological polar surface area (TPSA) is 63.9 Å². The van der Waals surface area contributed by atoms with Crippen molar-refractivity contribution >= 4 is 0 Å². The van der Waals surface area contributed by atoms with Crippen molar-refractivity contribution in [1.82, 2.24) is 9.97 Å². The number of aromatic nitrogens is 2. The summed E-state index contributed by atoms with van der Waals surface area (Å²) in [5, 5.41) is 0. The molecule has 1 atom stereocenters. The molecule has 2 heterocycles. The van der Waals surface area contributed by atoms with Crippen molar-refractivity contribution in [3.05, 3.63) is 35.8 Å². The lowest BCUT2D eigenvalue weighted by molar-refractivity contribution is 0.357. The molecule has 2 aromatic rings. The summed E-state index contributed by atoms with van der Waals surface area (Å²) in [5.74, 6) is 2.22. The lowest BCUT2D eigenvalue weighted by atomic mass is 10.1. The van der Waals surface area contributed by atoms with Crippen LogP contribution in [0.25, 0.3) is 11.3 Å². The van der Waals surface area contributed by atoms with Crippen LogP contribution in [-0.4, -0.2) is 23.1 Å². The second-order valence-corrected chi connectivity index (χ2v) is 4.74. The molecule has 0 amide bonds. The molecule has 3 N–H and O–H groups in total. The number of nitrogens with two attached hydrogens (primary N) is 1. The molecule has 18 heavy (non-hydrogen) atoms. The van der Waals surface area contributed by atoms with Crippen LogP contribution in [-0.2, 0) is 6.42 Å². The van der Waals surface area contributed by atoms with Crippen molar-refractivity contribution in [2.45, 2.75) is 19.3 Å². The number of aromatic amines is 1. The highest BCUT2D eigenvalue weighted by atomic mass is 16.5. The third kappa shape index (κ3) is 1.88. The standard InChI is InChI=1S/C14H17N3O/c1-9(7-15)14-16-8-12(17-14)10-2-3-13-11(6-10)4-5-18-13/h2-3,6,8-9H,4-5,7,15H2,1H3,(H,16,17).